The van der Waals surface area contributed by atoms with E-state index in [1.54, 1.807) is 11.3 Å². The van der Waals surface area contributed by atoms with Gasteiger partial charge in [0.2, 0.25) is 0 Å². The van der Waals surface area contributed by atoms with Crippen molar-refractivity contribution in [3.05, 3.63) is 65.0 Å². The molecule has 4 nitrogen and oxygen atoms in total. The van der Waals surface area contributed by atoms with Crippen LogP contribution in [0.2, 0.25) is 0 Å². The van der Waals surface area contributed by atoms with Gasteiger partial charge in [0.15, 0.2) is 0 Å². The summed E-state index contributed by atoms with van der Waals surface area (Å²) in [7, 11) is 0. The Labute approximate surface area is 151 Å². The number of nitrogens with one attached hydrogen (secondary N) is 1. The number of carbonyl (C=O) groups is 1. The normalized spacial score (nSPS) is 11.5. The van der Waals surface area contributed by atoms with E-state index < -0.39 is 0 Å². The van der Waals surface area contributed by atoms with Crippen LogP contribution in [0, 0.1) is 0 Å². The maximum atomic E-state index is 12.4. The van der Waals surface area contributed by atoms with E-state index in [2.05, 4.69) is 17.5 Å². The first kappa shape index (κ1) is 17.2. The van der Waals surface area contributed by atoms with E-state index in [9.17, 15) is 4.79 Å². The van der Waals surface area contributed by atoms with E-state index in [4.69, 9.17) is 4.74 Å². The third-order valence-electron chi connectivity index (χ3n) is 3.78. The van der Waals surface area contributed by atoms with Gasteiger partial charge in [-0.25, -0.2) is 5.43 Å². The minimum Gasteiger partial charge on any atom is -0.494 e. The molecule has 1 amide bonds. The Hall–Kier alpha value is -2.66. The molecule has 0 aliphatic heterocycles. The zero-order valence-electron chi connectivity index (χ0n) is 14.3. The number of hydrogen-bond acceptors (Lipinski definition) is 4. The number of amides is 1. The molecule has 128 valence electrons. The van der Waals surface area contributed by atoms with Crippen LogP contribution < -0.4 is 10.2 Å². The second-order valence-electron chi connectivity index (χ2n) is 5.66. The van der Waals surface area contributed by atoms with Crippen LogP contribution in [0.3, 0.4) is 0 Å². The number of hydrogen-bond donors (Lipinski definition) is 1. The molecule has 1 N–H and O–H groups in total. The zero-order valence-corrected chi connectivity index (χ0v) is 15.1. The lowest BCUT2D eigenvalue weighted by Gasteiger charge is -2.07. The molecular weight excluding hydrogens is 332 g/mol. The van der Waals surface area contributed by atoms with Gasteiger partial charge in [0.05, 0.1) is 17.9 Å². The van der Waals surface area contributed by atoms with Gasteiger partial charge < -0.3 is 4.74 Å². The average molecular weight is 352 g/mol. The molecule has 3 rings (SSSR count). The molecule has 25 heavy (non-hydrogen) atoms. The van der Waals surface area contributed by atoms with Crippen molar-refractivity contribution in [3.63, 3.8) is 0 Å². The molecule has 0 fully saturated rings. The van der Waals surface area contributed by atoms with Gasteiger partial charge in [0.1, 0.15) is 5.75 Å². The highest BCUT2D eigenvalue weighted by molar-refractivity contribution is 7.17. The van der Waals surface area contributed by atoms with Crippen molar-refractivity contribution in [1.82, 2.24) is 5.43 Å². The van der Waals surface area contributed by atoms with E-state index in [0.29, 0.717) is 12.2 Å². The van der Waals surface area contributed by atoms with Crippen molar-refractivity contribution in [1.29, 1.82) is 0 Å². The molecule has 2 aromatic carbocycles. The zero-order chi connectivity index (χ0) is 17.6. The van der Waals surface area contributed by atoms with E-state index in [1.165, 1.54) is 0 Å². The molecule has 0 radical (unpaired) electrons. The predicted molar refractivity (Wildman–Crippen MR) is 104 cm³/mol. The molecule has 3 aromatic rings. The summed E-state index contributed by atoms with van der Waals surface area (Å²) in [6.45, 7) is 4.62. The van der Waals surface area contributed by atoms with Crippen LogP contribution in [-0.2, 0) is 0 Å². The summed E-state index contributed by atoms with van der Waals surface area (Å²) in [5.41, 5.74) is 4.95. The first-order chi connectivity index (χ1) is 12.2. The van der Waals surface area contributed by atoms with Crippen LogP contribution in [0.1, 0.15) is 36.2 Å². The van der Waals surface area contributed by atoms with Crippen LogP contribution in [0.4, 0.5) is 0 Å². The van der Waals surface area contributed by atoms with E-state index >= 15 is 0 Å². The van der Waals surface area contributed by atoms with E-state index in [0.717, 1.165) is 33.5 Å². The molecule has 0 spiro atoms. The summed E-state index contributed by atoms with van der Waals surface area (Å²) in [6.07, 6.45) is 0.960. The van der Waals surface area contributed by atoms with E-state index in [-0.39, 0.29) is 5.91 Å². The fraction of sp³-hybridized carbons (Fsp3) is 0.200. The quantitative estimate of drug-likeness (QED) is 0.509. The number of hydrazone groups is 1. The minimum atomic E-state index is -0.199. The van der Waals surface area contributed by atoms with Crippen LogP contribution in [-0.4, -0.2) is 18.2 Å². The molecule has 1 aromatic heterocycles. The Morgan fingerprint density at radius 1 is 1.20 bits per heavy atom. The van der Waals surface area contributed by atoms with Gasteiger partial charge in [-0.3, -0.25) is 4.79 Å². The number of ether oxygens (including phenoxy) is 1. The highest BCUT2D eigenvalue weighted by Gasteiger charge is 2.11. The van der Waals surface area contributed by atoms with Gasteiger partial charge in [-0.1, -0.05) is 37.3 Å². The third-order valence-corrected chi connectivity index (χ3v) is 4.74. The second kappa shape index (κ2) is 7.94. The average Bonchev–Trinajstić information content (AvgIpc) is 3.08. The molecular formula is C20H20N2O2S. The molecule has 0 saturated heterocycles. The van der Waals surface area contributed by atoms with Crippen LogP contribution >= 0.6 is 11.3 Å². The number of rotatable bonds is 6. The van der Waals surface area contributed by atoms with Crippen molar-refractivity contribution >= 4 is 33.0 Å². The van der Waals surface area contributed by atoms with Crippen molar-refractivity contribution in [3.8, 4) is 5.75 Å². The molecule has 1 heterocycles. The number of thiophene rings is 1. The standard InChI is InChI=1S/C20H20N2O2S/c1-3-11-24-16-8-6-7-15(12-16)14(2)21-22-20(23)18-13-25-19-10-5-4-9-17(18)19/h4-10,12-13H,3,11H2,1-2H3,(H,22,23)/b21-14-. The van der Waals surface area contributed by atoms with Gasteiger partial charge in [-0.15, -0.1) is 11.3 Å². The molecule has 0 saturated carbocycles. The van der Waals surface area contributed by atoms with E-state index in [1.807, 2.05) is 60.8 Å². The monoisotopic (exact) mass is 352 g/mol. The Kier molecular flexibility index (Phi) is 5.46. The second-order valence-corrected chi connectivity index (χ2v) is 6.57. The first-order valence-corrected chi connectivity index (χ1v) is 9.11. The number of fused-ring (bicyclic) bond motifs is 1. The SMILES string of the molecule is CCCOc1cccc(/C(C)=N\NC(=O)c2csc3ccccc23)c1. The van der Waals surface area contributed by atoms with Crippen molar-refractivity contribution < 1.29 is 9.53 Å². The maximum absolute atomic E-state index is 12.4. The minimum absolute atomic E-state index is 0.199. The summed E-state index contributed by atoms with van der Waals surface area (Å²) in [5, 5.41) is 7.06. The maximum Gasteiger partial charge on any atom is 0.272 e. The van der Waals surface area contributed by atoms with Crippen LogP contribution in [0.5, 0.6) is 5.75 Å². The van der Waals surface area contributed by atoms with Crippen molar-refractivity contribution in [2.75, 3.05) is 6.61 Å². The first-order valence-electron chi connectivity index (χ1n) is 8.23. The molecule has 0 aliphatic rings. The predicted octanol–water partition coefficient (Wildman–Crippen LogP) is 4.84. The van der Waals surface area contributed by atoms with Gasteiger partial charge in [0, 0.05) is 21.0 Å². The molecule has 0 atom stereocenters. The van der Waals surface area contributed by atoms with Crippen molar-refractivity contribution in [2.24, 2.45) is 5.10 Å². The summed E-state index contributed by atoms with van der Waals surface area (Å²) < 4.78 is 6.73. The summed E-state index contributed by atoms with van der Waals surface area (Å²) in [6, 6.07) is 15.6. The lowest BCUT2D eigenvalue weighted by Crippen LogP contribution is -2.19. The number of carbonyl (C=O) groups excluding carboxylic acids is 1. The third kappa shape index (κ3) is 4.06. The highest BCUT2D eigenvalue weighted by Crippen LogP contribution is 2.25. The summed E-state index contributed by atoms with van der Waals surface area (Å²) in [5.74, 6) is 0.610. The van der Waals surface area contributed by atoms with Crippen LogP contribution in [0.25, 0.3) is 10.1 Å². The number of benzene rings is 2. The lowest BCUT2D eigenvalue weighted by molar-refractivity contribution is 0.0957. The Morgan fingerprint density at radius 2 is 2.04 bits per heavy atom. The summed E-state index contributed by atoms with van der Waals surface area (Å²) in [4.78, 5) is 12.4. The Bertz CT molecular complexity index is 915. The Balaban J connectivity index is 1.73. The summed E-state index contributed by atoms with van der Waals surface area (Å²) >= 11 is 1.56. The molecule has 0 bridgehead atoms. The topological polar surface area (TPSA) is 50.7 Å². The molecule has 5 heteroatoms. The van der Waals surface area contributed by atoms with Gasteiger partial charge >= 0.3 is 0 Å². The number of nitrogens with zero attached hydrogens (tertiary/aromatic N) is 1. The smallest absolute Gasteiger partial charge is 0.272 e. The molecule has 0 unspecified atom stereocenters. The largest absolute Gasteiger partial charge is 0.494 e. The van der Waals surface area contributed by atoms with Gasteiger partial charge in [-0.2, -0.15) is 5.10 Å². The lowest BCUT2D eigenvalue weighted by atomic mass is 10.1. The Morgan fingerprint density at radius 3 is 2.88 bits per heavy atom. The highest BCUT2D eigenvalue weighted by atomic mass is 32.1. The van der Waals surface area contributed by atoms with Gasteiger partial charge in [-0.05, 0) is 31.5 Å². The fourth-order valence-corrected chi connectivity index (χ4v) is 3.38. The fourth-order valence-electron chi connectivity index (χ4n) is 2.44. The van der Waals surface area contributed by atoms with Crippen molar-refractivity contribution in [2.45, 2.75) is 20.3 Å². The molecule has 0 aliphatic carbocycles. The van der Waals surface area contributed by atoms with Crippen LogP contribution in [0.15, 0.2) is 59.0 Å². The van der Waals surface area contributed by atoms with Gasteiger partial charge in [0.25, 0.3) is 5.91 Å².